The van der Waals surface area contributed by atoms with Gasteiger partial charge in [-0.2, -0.15) is 0 Å². The van der Waals surface area contributed by atoms with Gasteiger partial charge in [-0.1, -0.05) is 0 Å². The van der Waals surface area contributed by atoms with Crippen LogP contribution in [0.25, 0.3) is 0 Å². The van der Waals surface area contributed by atoms with Crippen LogP contribution >= 0.6 is 0 Å². The average molecular weight is 298 g/mol. The van der Waals surface area contributed by atoms with Crippen LogP contribution in [0.5, 0.6) is 0 Å². The first-order valence-corrected chi connectivity index (χ1v) is 6.87. The van der Waals surface area contributed by atoms with Crippen molar-refractivity contribution in [3.63, 3.8) is 0 Å². The molecule has 19 heavy (non-hydrogen) atoms. The predicted octanol–water partition coefficient (Wildman–Crippen LogP) is 0.883. The molecule has 0 aliphatic carbocycles. The molecule has 0 amide bonds. The second kappa shape index (κ2) is 5.06. The van der Waals surface area contributed by atoms with Crippen molar-refractivity contribution in [1.29, 1.82) is 0 Å². The summed E-state index contributed by atoms with van der Waals surface area (Å²) in [6.07, 6.45) is 0.417. The lowest BCUT2D eigenvalue weighted by Gasteiger charge is -2.13. The molecule has 2 N–H and O–H groups in total. The molecule has 1 aromatic rings. The van der Waals surface area contributed by atoms with E-state index in [-0.39, 0.29) is 12.6 Å². The Morgan fingerprint density at radius 3 is 2.21 bits per heavy atom. The lowest BCUT2D eigenvalue weighted by atomic mass is 10.3. The zero-order valence-corrected chi connectivity index (χ0v) is 10.3. The number of benzene rings is 1. The standard InChI is InChI=1S/C10H10F4N2O2S/c11-6-3-7(12)9(14)10(8(6)13)19(17,18)16-5-1-2-15-4-5/h3,5,15-16H,1-2,4H2. The van der Waals surface area contributed by atoms with Crippen molar-refractivity contribution < 1.29 is 26.0 Å². The Morgan fingerprint density at radius 1 is 1.16 bits per heavy atom. The van der Waals surface area contributed by atoms with Crippen molar-refractivity contribution in [3.05, 3.63) is 29.3 Å². The molecule has 4 nitrogen and oxygen atoms in total. The molecule has 0 radical (unpaired) electrons. The summed E-state index contributed by atoms with van der Waals surface area (Å²) in [5.74, 6) is -7.39. The molecule has 1 aliphatic heterocycles. The second-order valence-corrected chi connectivity index (χ2v) is 5.76. The lowest BCUT2D eigenvalue weighted by molar-refractivity contribution is 0.417. The first-order valence-electron chi connectivity index (χ1n) is 5.39. The maximum atomic E-state index is 13.4. The second-order valence-electron chi connectivity index (χ2n) is 4.11. The number of hydrogen-bond acceptors (Lipinski definition) is 3. The Morgan fingerprint density at radius 2 is 1.74 bits per heavy atom. The highest BCUT2D eigenvalue weighted by atomic mass is 32.2. The Bertz CT molecular complexity index is 574. The van der Waals surface area contributed by atoms with Gasteiger partial charge in [0.05, 0.1) is 0 Å². The molecule has 1 heterocycles. The van der Waals surface area contributed by atoms with Gasteiger partial charge in [-0.15, -0.1) is 0 Å². The van der Waals surface area contributed by atoms with Gasteiger partial charge in [-0.05, 0) is 13.0 Å². The maximum absolute atomic E-state index is 13.4. The van der Waals surface area contributed by atoms with Gasteiger partial charge in [-0.25, -0.2) is 30.7 Å². The number of hydrogen-bond donors (Lipinski definition) is 2. The molecule has 1 fully saturated rings. The highest BCUT2D eigenvalue weighted by Gasteiger charge is 2.32. The van der Waals surface area contributed by atoms with Crippen molar-refractivity contribution in [3.8, 4) is 0 Å². The third-order valence-electron chi connectivity index (χ3n) is 2.72. The monoisotopic (exact) mass is 298 g/mol. The van der Waals surface area contributed by atoms with Crippen LogP contribution in [0.15, 0.2) is 11.0 Å². The van der Waals surface area contributed by atoms with Crippen molar-refractivity contribution in [1.82, 2.24) is 10.0 Å². The van der Waals surface area contributed by atoms with Gasteiger partial charge >= 0.3 is 0 Å². The number of nitrogens with one attached hydrogen (secondary N) is 2. The maximum Gasteiger partial charge on any atom is 0.246 e. The van der Waals surface area contributed by atoms with E-state index < -0.39 is 44.2 Å². The zero-order valence-electron chi connectivity index (χ0n) is 9.51. The van der Waals surface area contributed by atoms with Crippen LogP contribution in [0.1, 0.15) is 6.42 Å². The molecule has 0 spiro atoms. The summed E-state index contributed by atoms with van der Waals surface area (Å²) in [4.78, 5) is -1.63. The van der Waals surface area contributed by atoms with E-state index in [2.05, 4.69) is 5.32 Å². The molecular formula is C10H10F4N2O2S. The zero-order chi connectivity index (χ0) is 14.2. The van der Waals surface area contributed by atoms with Crippen LogP contribution in [0, 0.1) is 23.3 Å². The molecule has 9 heteroatoms. The van der Waals surface area contributed by atoms with Gasteiger partial charge in [0.25, 0.3) is 0 Å². The number of rotatable bonds is 3. The van der Waals surface area contributed by atoms with Gasteiger partial charge < -0.3 is 5.32 Å². The summed E-state index contributed by atoms with van der Waals surface area (Å²) >= 11 is 0. The molecule has 0 aromatic heterocycles. The van der Waals surface area contributed by atoms with E-state index in [9.17, 15) is 26.0 Å². The van der Waals surface area contributed by atoms with Crippen LogP contribution in [0.2, 0.25) is 0 Å². The summed E-state index contributed by atoms with van der Waals surface area (Å²) in [5.41, 5.74) is 0. The summed E-state index contributed by atoms with van der Waals surface area (Å²) in [7, 11) is -4.67. The molecule has 0 saturated carbocycles. The minimum atomic E-state index is -4.67. The van der Waals surface area contributed by atoms with Crippen LogP contribution in [0.4, 0.5) is 17.6 Å². The third-order valence-corrected chi connectivity index (χ3v) is 4.26. The van der Waals surface area contributed by atoms with E-state index in [0.29, 0.717) is 13.0 Å². The first kappa shape index (κ1) is 14.2. The smallest absolute Gasteiger partial charge is 0.246 e. The van der Waals surface area contributed by atoms with Crippen molar-refractivity contribution in [2.75, 3.05) is 13.1 Å². The number of halogens is 4. The molecule has 1 aromatic carbocycles. The Labute approximate surface area is 106 Å². The van der Waals surface area contributed by atoms with E-state index in [1.54, 1.807) is 0 Å². The van der Waals surface area contributed by atoms with Gasteiger partial charge in [-0.3, -0.25) is 0 Å². The normalized spacial score (nSPS) is 19.9. The van der Waals surface area contributed by atoms with E-state index in [4.69, 9.17) is 0 Å². The number of sulfonamides is 1. The molecular weight excluding hydrogens is 288 g/mol. The molecule has 0 bridgehead atoms. The van der Waals surface area contributed by atoms with Gasteiger partial charge in [0.1, 0.15) is 0 Å². The summed E-state index contributed by atoms with van der Waals surface area (Å²) in [6, 6.07) is -0.615. The Kier molecular flexibility index (Phi) is 3.79. The molecule has 2 rings (SSSR count). The van der Waals surface area contributed by atoms with Crippen molar-refractivity contribution in [2.24, 2.45) is 0 Å². The first-order chi connectivity index (χ1) is 8.83. The summed E-state index contributed by atoms with van der Waals surface area (Å²) in [6.45, 7) is 0.815. The largest absolute Gasteiger partial charge is 0.315 e. The third kappa shape index (κ3) is 2.72. The van der Waals surface area contributed by atoms with Crippen molar-refractivity contribution >= 4 is 10.0 Å². The molecule has 1 saturated heterocycles. The molecule has 1 aliphatic rings. The average Bonchev–Trinajstić information content (AvgIpc) is 2.78. The SMILES string of the molecule is O=S(=O)(NC1CCNC1)c1c(F)c(F)cc(F)c1F. The molecule has 106 valence electrons. The van der Waals surface area contributed by atoms with E-state index in [1.165, 1.54) is 0 Å². The minimum absolute atomic E-state index is 0.0409. The predicted molar refractivity (Wildman–Crippen MR) is 57.9 cm³/mol. The quantitative estimate of drug-likeness (QED) is 0.643. The Hall–Kier alpha value is -1.19. The van der Waals surface area contributed by atoms with Crippen LogP contribution in [-0.4, -0.2) is 27.5 Å². The topological polar surface area (TPSA) is 58.2 Å². The summed E-state index contributed by atoms with van der Waals surface area (Å²) < 4.78 is 78.3. The fourth-order valence-corrected chi connectivity index (χ4v) is 3.25. The minimum Gasteiger partial charge on any atom is -0.315 e. The van der Waals surface area contributed by atoms with Crippen LogP contribution in [0.3, 0.4) is 0 Å². The fraction of sp³-hybridized carbons (Fsp3) is 0.400. The highest BCUT2D eigenvalue weighted by molar-refractivity contribution is 7.89. The Balaban J connectivity index is 2.45. The van der Waals surface area contributed by atoms with E-state index >= 15 is 0 Å². The molecule has 1 atom stereocenters. The van der Waals surface area contributed by atoms with Gasteiger partial charge in [0, 0.05) is 18.7 Å². The summed E-state index contributed by atoms with van der Waals surface area (Å²) in [5, 5.41) is 2.84. The van der Waals surface area contributed by atoms with Crippen molar-refractivity contribution in [2.45, 2.75) is 17.4 Å². The van der Waals surface area contributed by atoms with Crippen LogP contribution < -0.4 is 10.0 Å². The van der Waals surface area contributed by atoms with Crippen LogP contribution in [-0.2, 0) is 10.0 Å². The highest BCUT2D eigenvalue weighted by Crippen LogP contribution is 2.24. The van der Waals surface area contributed by atoms with Gasteiger partial charge in [0.15, 0.2) is 28.2 Å². The lowest BCUT2D eigenvalue weighted by Crippen LogP contribution is -2.37. The fourth-order valence-electron chi connectivity index (χ4n) is 1.82. The molecule has 1 unspecified atom stereocenters. The van der Waals surface area contributed by atoms with E-state index in [0.717, 1.165) is 0 Å². The van der Waals surface area contributed by atoms with E-state index in [1.807, 2.05) is 4.72 Å². The van der Waals surface area contributed by atoms with Gasteiger partial charge in [0.2, 0.25) is 10.0 Å².